The second-order valence-electron chi connectivity index (χ2n) is 4.59. The third-order valence-electron chi connectivity index (χ3n) is 2.72. The molecule has 1 heteroatoms. The van der Waals surface area contributed by atoms with Gasteiger partial charge in [-0.25, -0.2) is 0 Å². The molecule has 1 aromatic rings. The largest absolute Gasteiger partial charge is 0.144 e. The Morgan fingerprint density at radius 2 is 2.23 bits per heavy atom. The molecule has 0 aromatic carbocycles. The van der Waals surface area contributed by atoms with Crippen molar-refractivity contribution in [1.29, 1.82) is 0 Å². The fraction of sp³-hybridized carbons (Fsp3) is 0.500. The van der Waals surface area contributed by atoms with Gasteiger partial charge in [-0.3, -0.25) is 0 Å². The van der Waals surface area contributed by atoms with Gasteiger partial charge >= 0.3 is 0 Å². The molecule has 0 unspecified atom stereocenters. The van der Waals surface area contributed by atoms with Crippen LogP contribution in [0.1, 0.15) is 38.0 Å². The summed E-state index contributed by atoms with van der Waals surface area (Å²) in [6.45, 7) is 4.74. The molecule has 70 valence electrons. The Morgan fingerprint density at radius 3 is 2.85 bits per heavy atom. The summed E-state index contributed by atoms with van der Waals surface area (Å²) in [5, 5.41) is 2.16. The summed E-state index contributed by atoms with van der Waals surface area (Å²) in [7, 11) is 0. The Balaban J connectivity index is 2.22. The highest BCUT2D eigenvalue weighted by molar-refractivity contribution is 7.11. The summed E-state index contributed by atoms with van der Waals surface area (Å²) in [4.78, 5) is 1.47. The molecule has 0 atom stereocenters. The molecule has 0 fully saturated rings. The highest BCUT2D eigenvalue weighted by Crippen LogP contribution is 2.40. The van der Waals surface area contributed by atoms with Crippen LogP contribution >= 0.6 is 11.3 Å². The molecule has 0 spiro atoms. The van der Waals surface area contributed by atoms with Gasteiger partial charge in [0.25, 0.3) is 0 Å². The summed E-state index contributed by atoms with van der Waals surface area (Å²) in [6.07, 6.45) is 6.24. The second kappa shape index (κ2) is 3.30. The van der Waals surface area contributed by atoms with E-state index in [-0.39, 0.29) is 0 Å². The maximum atomic E-state index is 2.41. The lowest BCUT2D eigenvalue weighted by Gasteiger charge is -2.29. The van der Waals surface area contributed by atoms with Crippen LogP contribution < -0.4 is 0 Å². The van der Waals surface area contributed by atoms with Gasteiger partial charge in [-0.05, 0) is 41.7 Å². The average molecular weight is 192 g/mol. The summed E-state index contributed by atoms with van der Waals surface area (Å²) in [6, 6.07) is 4.38. The SMILES string of the molecule is CC1(C)CCC=C(c2cccs2)C1. The number of hydrogen-bond donors (Lipinski definition) is 0. The first-order valence-electron chi connectivity index (χ1n) is 4.90. The molecule has 1 aliphatic rings. The molecule has 0 bridgehead atoms. The van der Waals surface area contributed by atoms with Crippen LogP contribution in [0.5, 0.6) is 0 Å². The van der Waals surface area contributed by atoms with Crippen molar-refractivity contribution >= 4 is 16.9 Å². The Kier molecular flexibility index (Phi) is 2.29. The Labute approximate surface area is 84.3 Å². The minimum Gasteiger partial charge on any atom is -0.144 e. The zero-order valence-electron chi connectivity index (χ0n) is 8.34. The monoisotopic (exact) mass is 192 g/mol. The fourth-order valence-electron chi connectivity index (χ4n) is 1.96. The number of allylic oxidation sites excluding steroid dienone is 2. The second-order valence-corrected chi connectivity index (χ2v) is 5.53. The van der Waals surface area contributed by atoms with Gasteiger partial charge in [0, 0.05) is 4.88 Å². The molecule has 1 heterocycles. The molecule has 13 heavy (non-hydrogen) atoms. The van der Waals surface area contributed by atoms with Crippen molar-refractivity contribution in [2.24, 2.45) is 5.41 Å². The van der Waals surface area contributed by atoms with Crippen LogP contribution in [0.15, 0.2) is 23.6 Å². The first-order chi connectivity index (χ1) is 6.17. The van der Waals surface area contributed by atoms with Gasteiger partial charge in [-0.2, -0.15) is 0 Å². The van der Waals surface area contributed by atoms with Gasteiger partial charge in [-0.15, -0.1) is 11.3 Å². The van der Waals surface area contributed by atoms with Crippen molar-refractivity contribution in [1.82, 2.24) is 0 Å². The van der Waals surface area contributed by atoms with Crippen molar-refractivity contribution in [3.8, 4) is 0 Å². The maximum absolute atomic E-state index is 2.41. The predicted octanol–water partition coefficient (Wildman–Crippen LogP) is 4.34. The molecular weight excluding hydrogens is 176 g/mol. The van der Waals surface area contributed by atoms with E-state index < -0.39 is 0 Å². The van der Waals surface area contributed by atoms with E-state index in [1.54, 1.807) is 5.57 Å². The van der Waals surface area contributed by atoms with Crippen LogP contribution in [0.25, 0.3) is 5.57 Å². The van der Waals surface area contributed by atoms with Gasteiger partial charge in [0.15, 0.2) is 0 Å². The maximum Gasteiger partial charge on any atom is 0.0299 e. The number of rotatable bonds is 1. The van der Waals surface area contributed by atoms with Crippen LogP contribution in [0.3, 0.4) is 0 Å². The molecule has 0 nitrogen and oxygen atoms in total. The molecule has 0 amide bonds. The minimum atomic E-state index is 0.508. The Morgan fingerprint density at radius 1 is 1.38 bits per heavy atom. The molecule has 0 saturated carbocycles. The summed E-state index contributed by atoms with van der Waals surface area (Å²) >= 11 is 1.86. The predicted molar refractivity (Wildman–Crippen MR) is 59.9 cm³/mol. The molecule has 2 rings (SSSR count). The topological polar surface area (TPSA) is 0 Å². The Bertz CT molecular complexity index is 304. The lowest BCUT2D eigenvalue weighted by atomic mass is 9.77. The van der Waals surface area contributed by atoms with Gasteiger partial charge in [0.1, 0.15) is 0 Å². The summed E-state index contributed by atoms with van der Waals surface area (Å²) in [5.41, 5.74) is 2.07. The average Bonchev–Trinajstić information content (AvgIpc) is 2.53. The van der Waals surface area contributed by atoms with Crippen molar-refractivity contribution in [2.45, 2.75) is 33.1 Å². The van der Waals surface area contributed by atoms with E-state index in [4.69, 9.17) is 0 Å². The molecular formula is C12H16S. The van der Waals surface area contributed by atoms with E-state index in [0.29, 0.717) is 5.41 Å². The first-order valence-corrected chi connectivity index (χ1v) is 5.78. The molecule has 0 aliphatic heterocycles. The van der Waals surface area contributed by atoms with Gasteiger partial charge in [0.05, 0.1) is 0 Å². The molecule has 1 aliphatic carbocycles. The van der Waals surface area contributed by atoms with Crippen LogP contribution in [0.2, 0.25) is 0 Å². The van der Waals surface area contributed by atoms with E-state index in [9.17, 15) is 0 Å². The minimum absolute atomic E-state index is 0.508. The molecule has 0 radical (unpaired) electrons. The van der Waals surface area contributed by atoms with E-state index >= 15 is 0 Å². The van der Waals surface area contributed by atoms with E-state index in [1.165, 1.54) is 24.1 Å². The van der Waals surface area contributed by atoms with Crippen molar-refractivity contribution in [3.63, 3.8) is 0 Å². The van der Waals surface area contributed by atoms with Crippen molar-refractivity contribution < 1.29 is 0 Å². The lowest BCUT2D eigenvalue weighted by Crippen LogP contribution is -2.14. The highest BCUT2D eigenvalue weighted by atomic mass is 32.1. The standard InChI is InChI=1S/C12H16S/c1-12(2)7-3-5-10(9-12)11-6-4-8-13-11/h4-6,8H,3,7,9H2,1-2H3. The van der Waals surface area contributed by atoms with Crippen molar-refractivity contribution in [2.75, 3.05) is 0 Å². The van der Waals surface area contributed by atoms with Gasteiger partial charge < -0.3 is 0 Å². The quantitative estimate of drug-likeness (QED) is 0.621. The zero-order chi connectivity index (χ0) is 9.31. The van der Waals surface area contributed by atoms with Crippen LogP contribution in [0.4, 0.5) is 0 Å². The van der Waals surface area contributed by atoms with E-state index in [2.05, 4.69) is 37.4 Å². The van der Waals surface area contributed by atoms with Crippen molar-refractivity contribution in [3.05, 3.63) is 28.5 Å². The summed E-state index contributed by atoms with van der Waals surface area (Å²) < 4.78 is 0. The normalized spacial score (nSPS) is 21.2. The van der Waals surface area contributed by atoms with Crippen LogP contribution in [-0.4, -0.2) is 0 Å². The number of thiophene rings is 1. The Hall–Kier alpha value is -0.560. The van der Waals surface area contributed by atoms with E-state index in [0.717, 1.165) is 0 Å². The molecule has 1 aromatic heterocycles. The van der Waals surface area contributed by atoms with Crippen LogP contribution in [-0.2, 0) is 0 Å². The smallest absolute Gasteiger partial charge is 0.0299 e. The third-order valence-corrected chi connectivity index (χ3v) is 3.66. The molecule has 0 N–H and O–H groups in total. The first kappa shape index (κ1) is 9.01. The van der Waals surface area contributed by atoms with Gasteiger partial charge in [0.2, 0.25) is 0 Å². The highest BCUT2D eigenvalue weighted by Gasteiger charge is 2.23. The summed E-state index contributed by atoms with van der Waals surface area (Å²) in [5.74, 6) is 0. The fourth-order valence-corrected chi connectivity index (χ4v) is 2.73. The lowest BCUT2D eigenvalue weighted by molar-refractivity contribution is 0.338. The third kappa shape index (κ3) is 2.02. The van der Waals surface area contributed by atoms with Crippen LogP contribution in [0, 0.1) is 5.41 Å². The van der Waals surface area contributed by atoms with E-state index in [1.807, 2.05) is 11.3 Å². The van der Waals surface area contributed by atoms with Gasteiger partial charge in [-0.1, -0.05) is 26.0 Å². The zero-order valence-corrected chi connectivity index (χ0v) is 9.16. The number of hydrogen-bond acceptors (Lipinski definition) is 1. The molecule has 0 saturated heterocycles.